The third-order valence-corrected chi connectivity index (χ3v) is 5.05. The van der Waals surface area contributed by atoms with Crippen LogP contribution in [0.15, 0.2) is 30.3 Å². The van der Waals surface area contributed by atoms with Crippen LogP contribution in [0.25, 0.3) is 0 Å². The number of hydrogen-bond donors (Lipinski definition) is 1. The molecule has 2 aromatic rings. The van der Waals surface area contributed by atoms with Crippen molar-refractivity contribution in [3.05, 3.63) is 52.6 Å². The number of anilines is 2. The maximum absolute atomic E-state index is 12.8. The van der Waals surface area contributed by atoms with Crippen LogP contribution in [-0.4, -0.2) is 25.5 Å². The Morgan fingerprint density at radius 3 is 2.37 bits per heavy atom. The Morgan fingerprint density at radius 2 is 1.74 bits per heavy atom. The van der Waals surface area contributed by atoms with Gasteiger partial charge in [-0.05, 0) is 56.5 Å². The van der Waals surface area contributed by atoms with Crippen molar-refractivity contribution in [1.82, 2.24) is 0 Å². The molecule has 1 atom stereocenters. The van der Waals surface area contributed by atoms with Gasteiger partial charge in [0.05, 0.1) is 18.7 Å². The molecule has 0 saturated carbocycles. The number of methoxy groups -OCH3 is 1. The molecule has 142 valence electrons. The van der Waals surface area contributed by atoms with Crippen molar-refractivity contribution >= 4 is 23.2 Å². The van der Waals surface area contributed by atoms with Gasteiger partial charge in [-0.1, -0.05) is 23.8 Å². The number of ether oxygens (including phenoxy) is 1. The van der Waals surface area contributed by atoms with Gasteiger partial charge in [0.25, 0.3) is 0 Å². The van der Waals surface area contributed by atoms with Gasteiger partial charge in [0, 0.05) is 18.7 Å². The van der Waals surface area contributed by atoms with Crippen LogP contribution in [0.3, 0.4) is 0 Å². The SMILES string of the molecule is COc1ccc(C)cc1N1CC(C(=O)Nc2c(C)cc(C)cc2C)CC1=O. The lowest BCUT2D eigenvalue weighted by Crippen LogP contribution is -2.28. The average molecular weight is 366 g/mol. The number of rotatable bonds is 4. The first-order valence-corrected chi connectivity index (χ1v) is 9.14. The van der Waals surface area contributed by atoms with E-state index in [9.17, 15) is 9.59 Å². The molecule has 0 spiro atoms. The third-order valence-electron chi connectivity index (χ3n) is 5.05. The Kier molecular flexibility index (Phi) is 5.22. The molecule has 5 heteroatoms. The number of nitrogens with one attached hydrogen (secondary N) is 1. The molecule has 1 saturated heterocycles. The van der Waals surface area contributed by atoms with E-state index in [2.05, 4.69) is 5.32 Å². The summed E-state index contributed by atoms with van der Waals surface area (Å²) in [5.74, 6) is 0.0759. The molecule has 0 radical (unpaired) electrons. The zero-order chi connectivity index (χ0) is 19.7. The zero-order valence-corrected chi connectivity index (χ0v) is 16.6. The second kappa shape index (κ2) is 7.43. The summed E-state index contributed by atoms with van der Waals surface area (Å²) in [6, 6.07) is 9.81. The van der Waals surface area contributed by atoms with Gasteiger partial charge in [-0.25, -0.2) is 0 Å². The highest BCUT2D eigenvalue weighted by molar-refractivity contribution is 6.04. The van der Waals surface area contributed by atoms with Crippen LogP contribution in [0.1, 0.15) is 28.7 Å². The summed E-state index contributed by atoms with van der Waals surface area (Å²) in [6.07, 6.45) is 0.201. The van der Waals surface area contributed by atoms with E-state index in [1.165, 1.54) is 0 Å². The van der Waals surface area contributed by atoms with Crippen molar-refractivity contribution in [1.29, 1.82) is 0 Å². The Balaban J connectivity index is 1.80. The number of benzene rings is 2. The van der Waals surface area contributed by atoms with Crippen LogP contribution in [0.2, 0.25) is 0 Å². The predicted octanol–water partition coefficient (Wildman–Crippen LogP) is 3.92. The molecule has 1 N–H and O–H groups in total. The fourth-order valence-electron chi connectivity index (χ4n) is 3.73. The van der Waals surface area contributed by atoms with E-state index in [1.54, 1.807) is 12.0 Å². The van der Waals surface area contributed by atoms with Crippen LogP contribution in [0.4, 0.5) is 11.4 Å². The Bertz CT molecular complexity index is 881. The summed E-state index contributed by atoms with van der Waals surface area (Å²) < 4.78 is 5.40. The van der Waals surface area contributed by atoms with Gasteiger partial charge in [-0.15, -0.1) is 0 Å². The molecular formula is C22H26N2O3. The van der Waals surface area contributed by atoms with Gasteiger partial charge in [0.15, 0.2) is 0 Å². The van der Waals surface area contributed by atoms with Crippen LogP contribution in [-0.2, 0) is 9.59 Å². The van der Waals surface area contributed by atoms with Crippen molar-refractivity contribution in [3.63, 3.8) is 0 Å². The summed E-state index contributed by atoms with van der Waals surface area (Å²) in [5.41, 5.74) is 5.82. The number of amides is 2. The second-order valence-electron chi connectivity index (χ2n) is 7.34. The lowest BCUT2D eigenvalue weighted by atomic mass is 10.0. The fraction of sp³-hybridized carbons (Fsp3) is 0.364. The summed E-state index contributed by atoms with van der Waals surface area (Å²) >= 11 is 0. The predicted molar refractivity (Wildman–Crippen MR) is 107 cm³/mol. The molecule has 0 bridgehead atoms. The highest BCUT2D eigenvalue weighted by Crippen LogP contribution is 2.34. The lowest BCUT2D eigenvalue weighted by molar-refractivity contribution is -0.122. The first-order chi connectivity index (χ1) is 12.8. The van der Waals surface area contributed by atoms with Crippen LogP contribution in [0.5, 0.6) is 5.75 Å². The van der Waals surface area contributed by atoms with Crippen LogP contribution in [0, 0.1) is 33.6 Å². The smallest absolute Gasteiger partial charge is 0.229 e. The Hall–Kier alpha value is -2.82. The standard InChI is InChI=1S/C22H26N2O3/c1-13-6-7-19(27-5)18(10-13)24-12-17(11-20(24)25)22(26)23-21-15(3)8-14(2)9-16(21)4/h6-10,17H,11-12H2,1-5H3,(H,23,26). The highest BCUT2D eigenvalue weighted by Gasteiger charge is 2.36. The number of nitrogens with zero attached hydrogens (tertiary/aromatic N) is 1. The van der Waals surface area contributed by atoms with Gasteiger partial charge in [-0.2, -0.15) is 0 Å². The molecule has 3 rings (SSSR count). The minimum Gasteiger partial charge on any atom is -0.495 e. The summed E-state index contributed by atoms with van der Waals surface area (Å²) in [4.78, 5) is 27.1. The van der Waals surface area contributed by atoms with Gasteiger partial charge in [-0.3, -0.25) is 9.59 Å². The van der Waals surface area contributed by atoms with Gasteiger partial charge in [0.1, 0.15) is 5.75 Å². The van der Waals surface area contributed by atoms with Gasteiger partial charge < -0.3 is 15.0 Å². The first-order valence-electron chi connectivity index (χ1n) is 9.14. The number of aryl methyl sites for hydroxylation is 4. The monoisotopic (exact) mass is 366 g/mol. The molecule has 1 aliphatic rings. The molecule has 1 aliphatic heterocycles. The molecule has 27 heavy (non-hydrogen) atoms. The highest BCUT2D eigenvalue weighted by atomic mass is 16.5. The summed E-state index contributed by atoms with van der Waals surface area (Å²) in [6.45, 7) is 8.33. The average Bonchev–Trinajstić information content (AvgIpc) is 2.99. The molecule has 0 aliphatic carbocycles. The number of hydrogen-bond acceptors (Lipinski definition) is 3. The molecule has 1 heterocycles. The van der Waals surface area contributed by atoms with E-state index in [4.69, 9.17) is 4.74 Å². The Morgan fingerprint density at radius 1 is 1.07 bits per heavy atom. The minimum absolute atomic E-state index is 0.0589. The van der Waals surface area contributed by atoms with E-state index < -0.39 is 0 Å². The van der Waals surface area contributed by atoms with Gasteiger partial charge >= 0.3 is 0 Å². The molecular weight excluding hydrogens is 340 g/mol. The third kappa shape index (κ3) is 3.82. The van der Waals surface area contributed by atoms with Crippen molar-refractivity contribution in [3.8, 4) is 5.75 Å². The topological polar surface area (TPSA) is 58.6 Å². The molecule has 1 fully saturated rings. The van der Waals surface area contributed by atoms with E-state index in [-0.39, 0.29) is 24.2 Å². The molecule has 1 unspecified atom stereocenters. The first kappa shape index (κ1) is 19.0. The fourth-order valence-corrected chi connectivity index (χ4v) is 3.73. The van der Waals surface area contributed by atoms with E-state index in [0.29, 0.717) is 12.3 Å². The molecule has 2 amide bonds. The van der Waals surface area contributed by atoms with Crippen molar-refractivity contribution in [2.75, 3.05) is 23.9 Å². The lowest BCUT2D eigenvalue weighted by Gasteiger charge is -2.20. The normalized spacial score (nSPS) is 16.6. The largest absolute Gasteiger partial charge is 0.495 e. The minimum atomic E-state index is -0.386. The summed E-state index contributed by atoms with van der Waals surface area (Å²) in [5, 5.41) is 3.03. The van der Waals surface area contributed by atoms with Gasteiger partial charge in [0.2, 0.25) is 11.8 Å². The molecule has 0 aromatic heterocycles. The maximum atomic E-state index is 12.8. The second-order valence-corrected chi connectivity index (χ2v) is 7.34. The van der Waals surface area contributed by atoms with E-state index >= 15 is 0 Å². The zero-order valence-electron chi connectivity index (χ0n) is 16.6. The quantitative estimate of drug-likeness (QED) is 0.892. The van der Waals surface area contributed by atoms with Crippen molar-refractivity contribution < 1.29 is 14.3 Å². The number of carbonyl (C=O) groups excluding carboxylic acids is 2. The maximum Gasteiger partial charge on any atom is 0.229 e. The Labute approximate surface area is 160 Å². The summed E-state index contributed by atoms with van der Waals surface area (Å²) in [7, 11) is 1.59. The van der Waals surface area contributed by atoms with Crippen molar-refractivity contribution in [2.24, 2.45) is 5.92 Å². The van der Waals surface area contributed by atoms with Crippen LogP contribution < -0.4 is 15.0 Å². The van der Waals surface area contributed by atoms with Crippen molar-refractivity contribution in [2.45, 2.75) is 34.1 Å². The molecule has 2 aromatic carbocycles. The van der Waals surface area contributed by atoms with Crippen LogP contribution >= 0.6 is 0 Å². The van der Waals surface area contributed by atoms with E-state index in [0.717, 1.165) is 33.6 Å². The number of carbonyl (C=O) groups is 2. The molecule has 5 nitrogen and oxygen atoms in total. The van der Waals surface area contributed by atoms with E-state index in [1.807, 2.05) is 58.0 Å².